The molecule has 1 aliphatic carbocycles. The van der Waals surface area contributed by atoms with E-state index in [0.29, 0.717) is 24.4 Å². The van der Waals surface area contributed by atoms with E-state index in [1.165, 1.54) is 0 Å². The molecule has 0 saturated carbocycles. The van der Waals surface area contributed by atoms with Crippen molar-refractivity contribution >= 4 is 10.0 Å². The van der Waals surface area contributed by atoms with Crippen molar-refractivity contribution in [3.8, 4) is 0 Å². The topological polar surface area (TPSA) is 37.4 Å². The summed E-state index contributed by atoms with van der Waals surface area (Å²) in [6.07, 6.45) is 7.96. The zero-order valence-electron chi connectivity index (χ0n) is 7.44. The highest BCUT2D eigenvalue weighted by molar-refractivity contribution is 7.93. The summed E-state index contributed by atoms with van der Waals surface area (Å²) in [5.41, 5.74) is 0. The fourth-order valence-corrected chi connectivity index (χ4v) is 3.34. The van der Waals surface area contributed by atoms with Crippen LogP contribution in [-0.4, -0.2) is 25.8 Å². The van der Waals surface area contributed by atoms with E-state index in [2.05, 4.69) is 0 Å². The second kappa shape index (κ2) is 3.27. The molecule has 72 valence electrons. The summed E-state index contributed by atoms with van der Waals surface area (Å²) >= 11 is 0. The summed E-state index contributed by atoms with van der Waals surface area (Å²) in [4.78, 5) is 0.550. The molecule has 13 heavy (non-hydrogen) atoms. The monoisotopic (exact) mass is 199 g/mol. The third-order valence-corrected chi connectivity index (χ3v) is 4.48. The molecule has 1 heterocycles. The van der Waals surface area contributed by atoms with Crippen molar-refractivity contribution < 1.29 is 8.42 Å². The molecule has 0 aromatic heterocycles. The molecule has 1 fully saturated rings. The fourth-order valence-electron chi connectivity index (χ4n) is 1.71. The van der Waals surface area contributed by atoms with Crippen LogP contribution in [0.3, 0.4) is 0 Å². The Morgan fingerprint density at radius 1 is 1.23 bits per heavy atom. The molecule has 1 saturated heterocycles. The molecule has 0 unspecified atom stereocenters. The van der Waals surface area contributed by atoms with Crippen molar-refractivity contribution in [2.45, 2.75) is 19.3 Å². The smallest absolute Gasteiger partial charge is 0.207 e. The number of hydrogen-bond donors (Lipinski definition) is 0. The average Bonchev–Trinajstić information content (AvgIpc) is 2.78. The van der Waals surface area contributed by atoms with Crippen LogP contribution < -0.4 is 0 Å². The molecular weight excluding hydrogens is 186 g/mol. The molecule has 1 aliphatic heterocycles. The van der Waals surface area contributed by atoms with Gasteiger partial charge in [-0.3, -0.25) is 0 Å². The standard InChI is InChI=1S/C9H13NO2S/c11-13(12,9-5-1-2-6-9)10-7-3-4-8-10/h1-2,5H,3-4,6-8H2. The van der Waals surface area contributed by atoms with Crippen LogP contribution in [0.4, 0.5) is 0 Å². The first-order valence-electron chi connectivity index (χ1n) is 4.57. The summed E-state index contributed by atoms with van der Waals surface area (Å²) in [5, 5.41) is 0. The third-order valence-electron chi connectivity index (χ3n) is 2.47. The summed E-state index contributed by atoms with van der Waals surface area (Å²) in [6, 6.07) is 0. The minimum Gasteiger partial charge on any atom is -0.207 e. The van der Waals surface area contributed by atoms with Crippen molar-refractivity contribution in [3.63, 3.8) is 0 Å². The van der Waals surface area contributed by atoms with Crippen LogP contribution in [0.2, 0.25) is 0 Å². The molecule has 0 aromatic rings. The number of rotatable bonds is 2. The molecule has 3 nitrogen and oxygen atoms in total. The van der Waals surface area contributed by atoms with E-state index in [4.69, 9.17) is 0 Å². The van der Waals surface area contributed by atoms with E-state index >= 15 is 0 Å². The molecule has 0 aromatic carbocycles. The lowest BCUT2D eigenvalue weighted by atomic mass is 10.4. The average molecular weight is 199 g/mol. The van der Waals surface area contributed by atoms with Gasteiger partial charge < -0.3 is 0 Å². The second-order valence-electron chi connectivity index (χ2n) is 3.38. The normalized spacial score (nSPS) is 23.8. The van der Waals surface area contributed by atoms with Crippen molar-refractivity contribution in [1.82, 2.24) is 4.31 Å². The van der Waals surface area contributed by atoms with Crippen molar-refractivity contribution in [1.29, 1.82) is 0 Å². The van der Waals surface area contributed by atoms with E-state index in [1.54, 1.807) is 10.4 Å². The van der Waals surface area contributed by atoms with Gasteiger partial charge in [-0.1, -0.05) is 12.2 Å². The van der Waals surface area contributed by atoms with Crippen LogP contribution in [0.1, 0.15) is 19.3 Å². The van der Waals surface area contributed by atoms with Crippen molar-refractivity contribution in [3.05, 3.63) is 23.1 Å². The van der Waals surface area contributed by atoms with Crippen LogP contribution in [0.15, 0.2) is 23.1 Å². The molecule has 2 aliphatic rings. The molecule has 0 bridgehead atoms. The Hall–Kier alpha value is -0.610. The van der Waals surface area contributed by atoms with Gasteiger partial charge >= 0.3 is 0 Å². The lowest BCUT2D eigenvalue weighted by molar-refractivity contribution is 0.483. The summed E-state index contributed by atoms with van der Waals surface area (Å²) in [6.45, 7) is 1.39. The lowest BCUT2D eigenvalue weighted by Gasteiger charge is -2.15. The summed E-state index contributed by atoms with van der Waals surface area (Å²) in [7, 11) is -3.11. The Balaban J connectivity index is 2.20. The van der Waals surface area contributed by atoms with E-state index in [9.17, 15) is 8.42 Å². The van der Waals surface area contributed by atoms with Crippen LogP contribution in [0, 0.1) is 0 Å². The highest BCUT2D eigenvalue weighted by atomic mass is 32.2. The maximum atomic E-state index is 11.9. The van der Waals surface area contributed by atoms with Gasteiger partial charge in [0.25, 0.3) is 0 Å². The molecule has 0 amide bonds. The van der Waals surface area contributed by atoms with Gasteiger partial charge in [0.15, 0.2) is 0 Å². The van der Waals surface area contributed by atoms with Crippen LogP contribution >= 0.6 is 0 Å². The Morgan fingerprint density at radius 2 is 1.92 bits per heavy atom. The van der Waals surface area contributed by atoms with Gasteiger partial charge in [0.2, 0.25) is 10.0 Å². The van der Waals surface area contributed by atoms with Gasteiger partial charge in [-0.15, -0.1) is 0 Å². The summed E-state index contributed by atoms with van der Waals surface area (Å²) < 4.78 is 25.3. The van der Waals surface area contributed by atoms with Gasteiger partial charge in [-0.25, -0.2) is 8.42 Å². The van der Waals surface area contributed by atoms with Gasteiger partial charge in [-0.2, -0.15) is 4.31 Å². The highest BCUT2D eigenvalue weighted by Crippen LogP contribution is 2.24. The van der Waals surface area contributed by atoms with Crippen LogP contribution in [-0.2, 0) is 10.0 Å². The molecular formula is C9H13NO2S. The van der Waals surface area contributed by atoms with E-state index < -0.39 is 10.0 Å². The zero-order valence-corrected chi connectivity index (χ0v) is 8.26. The predicted octanol–water partition coefficient (Wildman–Crippen LogP) is 1.26. The quantitative estimate of drug-likeness (QED) is 0.671. The SMILES string of the molecule is O=S(=O)(C1=CC=CC1)N1CCCC1. The Bertz CT molecular complexity index is 348. The largest absolute Gasteiger partial charge is 0.239 e. The van der Waals surface area contributed by atoms with Gasteiger partial charge in [-0.05, 0) is 18.9 Å². The van der Waals surface area contributed by atoms with Crippen molar-refractivity contribution in [2.75, 3.05) is 13.1 Å². The summed E-state index contributed by atoms with van der Waals surface area (Å²) in [5.74, 6) is 0. The van der Waals surface area contributed by atoms with Gasteiger partial charge in [0.1, 0.15) is 0 Å². The van der Waals surface area contributed by atoms with Crippen molar-refractivity contribution in [2.24, 2.45) is 0 Å². The van der Waals surface area contributed by atoms with E-state index in [1.807, 2.05) is 12.2 Å². The first kappa shape index (κ1) is 8.97. The Morgan fingerprint density at radius 3 is 2.46 bits per heavy atom. The number of hydrogen-bond acceptors (Lipinski definition) is 2. The molecule has 0 spiro atoms. The molecule has 0 N–H and O–H groups in total. The second-order valence-corrected chi connectivity index (χ2v) is 5.37. The van der Waals surface area contributed by atoms with Gasteiger partial charge in [0.05, 0.1) is 4.91 Å². The minimum absolute atomic E-state index is 0.550. The molecule has 4 heteroatoms. The first-order valence-corrected chi connectivity index (χ1v) is 6.01. The number of sulfonamides is 1. The fraction of sp³-hybridized carbons (Fsp3) is 0.556. The maximum absolute atomic E-state index is 11.9. The van der Waals surface area contributed by atoms with Gasteiger partial charge in [0, 0.05) is 19.5 Å². The van der Waals surface area contributed by atoms with E-state index in [-0.39, 0.29) is 0 Å². The zero-order chi connectivity index (χ0) is 9.31. The minimum atomic E-state index is -3.11. The highest BCUT2D eigenvalue weighted by Gasteiger charge is 2.28. The van der Waals surface area contributed by atoms with Crippen LogP contribution in [0.25, 0.3) is 0 Å². The molecule has 0 atom stereocenters. The number of allylic oxidation sites excluding steroid dienone is 4. The lowest BCUT2D eigenvalue weighted by Crippen LogP contribution is -2.28. The molecule has 0 radical (unpaired) electrons. The Kier molecular flexibility index (Phi) is 2.26. The number of nitrogens with zero attached hydrogens (tertiary/aromatic N) is 1. The van der Waals surface area contributed by atoms with E-state index in [0.717, 1.165) is 12.8 Å². The molecule has 2 rings (SSSR count). The first-order chi connectivity index (χ1) is 6.21. The predicted molar refractivity (Wildman–Crippen MR) is 51.6 cm³/mol. The van der Waals surface area contributed by atoms with Crippen LogP contribution in [0.5, 0.6) is 0 Å². The third kappa shape index (κ3) is 1.56. The Labute approximate surface area is 78.8 Å². The maximum Gasteiger partial charge on any atom is 0.239 e.